The molecule has 0 heterocycles. The minimum atomic E-state index is -1.23. The van der Waals surface area contributed by atoms with Crippen LogP contribution in [0.5, 0.6) is 0 Å². The van der Waals surface area contributed by atoms with Crippen LogP contribution in [0, 0.1) is 0 Å². The Kier molecular flexibility index (Phi) is 16.4. The van der Waals surface area contributed by atoms with Crippen LogP contribution in [0.3, 0.4) is 0 Å². The summed E-state index contributed by atoms with van der Waals surface area (Å²) in [6.07, 6.45) is 14.5. The number of unbranched alkanes of at least 4 members (excludes halogenated alkanes) is 11. The summed E-state index contributed by atoms with van der Waals surface area (Å²) in [6.45, 7) is 2.73. The predicted octanol–water partition coefficient (Wildman–Crippen LogP) is 4.30. The quantitative estimate of drug-likeness (QED) is 0.262. The smallest absolute Gasteiger partial charge is 0.326 e. The van der Waals surface area contributed by atoms with Crippen LogP contribution in [-0.2, 0) is 9.59 Å². The van der Waals surface area contributed by atoms with E-state index in [1.54, 1.807) is 0 Å². The highest BCUT2D eigenvalue weighted by Gasteiger charge is 2.20. The molecule has 0 radical (unpaired) electrons. The first kappa shape index (κ1) is 25.2. The van der Waals surface area contributed by atoms with Gasteiger partial charge in [-0.05, 0) is 12.8 Å². The van der Waals surface area contributed by atoms with E-state index in [2.05, 4.69) is 17.6 Å². The molecule has 158 valence electrons. The van der Waals surface area contributed by atoms with E-state index in [1.807, 2.05) is 0 Å². The molecule has 7 nitrogen and oxygen atoms in total. The average molecular weight is 387 g/mol. The highest BCUT2D eigenvalue weighted by Crippen LogP contribution is 2.11. The minimum absolute atomic E-state index is 0.128. The van der Waals surface area contributed by atoms with Gasteiger partial charge < -0.3 is 20.8 Å². The van der Waals surface area contributed by atoms with E-state index >= 15 is 0 Å². The van der Waals surface area contributed by atoms with Gasteiger partial charge in [0.05, 0.1) is 0 Å². The zero-order chi connectivity index (χ0) is 20.3. The lowest BCUT2D eigenvalue weighted by Gasteiger charge is -2.14. The normalized spacial score (nSPS) is 11.7. The van der Waals surface area contributed by atoms with Gasteiger partial charge in [0.2, 0.25) is 0 Å². The molecule has 0 saturated carbocycles. The molecule has 0 aromatic rings. The van der Waals surface area contributed by atoms with Crippen LogP contribution in [0.1, 0.15) is 96.8 Å². The van der Waals surface area contributed by atoms with Crippen molar-refractivity contribution in [3.05, 3.63) is 0 Å². The third kappa shape index (κ3) is 17.4. The number of rotatable bonds is 18. The Morgan fingerprint density at radius 1 is 0.778 bits per heavy atom. The van der Waals surface area contributed by atoms with Crippen LogP contribution in [0.2, 0.25) is 0 Å². The van der Waals surface area contributed by atoms with Crippen LogP contribution >= 0.6 is 0 Å². The van der Waals surface area contributed by atoms with Crippen molar-refractivity contribution in [3.63, 3.8) is 0 Å². The molecule has 0 aromatic carbocycles. The Labute approximate surface area is 163 Å². The van der Waals surface area contributed by atoms with E-state index in [9.17, 15) is 14.4 Å². The van der Waals surface area contributed by atoms with E-state index in [1.165, 1.54) is 57.8 Å². The van der Waals surface area contributed by atoms with Crippen LogP contribution in [0.15, 0.2) is 0 Å². The van der Waals surface area contributed by atoms with Crippen molar-refractivity contribution in [3.8, 4) is 0 Å². The van der Waals surface area contributed by atoms with Gasteiger partial charge in [-0.1, -0.05) is 77.6 Å². The topological polar surface area (TPSA) is 116 Å². The summed E-state index contributed by atoms with van der Waals surface area (Å²) >= 11 is 0. The number of amides is 2. The van der Waals surface area contributed by atoms with Crippen molar-refractivity contribution in [1.82, 2.24) is 10.6 Å². The fourth-order valence-corrected chi connectivity index (χ4v) is 2.90. The minimum Gasteiger partial charge on any atom is -0.481 e. The molecule has 0 rings (SSSR count). The first-order valence-electron chi connectivity index (χ1n) is 10.5. The van der Waals surface area contributed by atoms with E-state index in [0.717, 1.165) is 19.3 Å². The van der Waals surface area contributed by atoms with Gasteiger partial charge in [0.25, 0.3) is 0 Å². The van der Waals surface area contributed by atoms with Crippen molar-refractivity contribution < 1.29 is 24.6 Å². The summed E-state index contributed by atoms with van der Waals surface area (Å²) in [5.74, 6) is -2.31. The number of carboxylic acid groups (broad SMARTS) is 2. The molecule has 0 aliphatic carbocycles. The van der Waals surface area contributed by atoms with Gasteiger partial charge >= 0.3 is 18.0 Å². The molecular weight excluding hydrogens is 348 g/mol. The summed E-state index contributed by atoms with van der Waals surface area (Å²) in [5, 5.41) is 22.5. The molecular formula is C20H38N2O5. The lowest BCUT2D eigenvalue weighted by Crippen LogP contribution is -2.46. The molecule has 0 saturated heterocycles. The molecule has 1 atom stereocenters. The van der Waals surface area contributed by atoms with Crippen molar-refractivity contribution >= 4 is 18.0 Å². The average Bonchev–Trinajstić information content (AvgIpc) is 2.62. The predicted molar refractivity (Wildman–Crippen MR) is 106 cm³/mol. The lowest BCUT2D eigenvalue weighted by atomic mass is 10.1. The van der Waals surface area contributed by atoms with E-state index in [0.29, 0.717) is 6.54 Å². The van der Waals surface area contributed by atoms with Gasteiger partial charge in [-0.2, -0.15) is 0 Å². The summed E-state index contributed by atoms with van der Waals surface area (Å²) in [7, 11) is 0. The van der Waals surface area contributed by atoms with Crippen LogP contribution in [0.4, 0.5) is 4.79 Å². The van der Waals surface area contributed by atoms with Crippen molar-refractivity contribution in [2.75, 3.05) is 6.54 Å². The second kappa shape index (κ2) is 17.6. The van der Waals surface area contributed by atoms with Crippen molar-refractivity contribution in [2.45, 2.75) is 103 Å². The molecule has 4 N–H and O–H groups in total. The number of aliphatic carboxylic acids is 2. The maximum absolute atomic E-state index is 11.7. The van der Waals surface area contributed by atoms with Gasteiger partial charge in [-0.15, -0.1) is 0 Å². The third-order valence-corrected chi connectivity index (χ3v) is 4.57. The monoisotopic (exact) mass is 386 g/mol. The van der Waals surface area contributed by atoms with E-state index in [4.69, 9.17) is 10.2 Å². The number of carbonyl (C=O) groups excluding carboxylic acids is 1. The Balaban J connectivity index is 3.51. The Morgan fingerprint density at radius 2 is 1.26 bits per heavy atom. The van der Waals surface area contributed by atoms with Crippen LogP contribution < -0.4 is 10.6 Å². The Hall–Kier alpha value is -1.79. The highest BCUT2D eigenvalue weighted by molar-refractivity contribution is 5.82. The number of carboxylic acids is 2. The molecule has 2 amide bonds. The maximum atomic E-state index is 11.7. The highest BCUT2D eigenvalue weighted by atomic mass is 16.4. The molecule has 0 fully saturated rings. The largest absolute Gasteiger partial charge is 0.481 e. The molecule has 0 bridgehead atoms. The second-order valence-electron chi connectivity index (χ2n) is 7.11. The lowest BCUT2D eigenvalue weighted by molar-refractivity contribution is -0.140. The molecule has 0 spiro atoms. The van der Waals surface area contributed by atoms with Crippen LogP contribution in [-0.4, -0.2) is 40.8 Å². The fraction of sp³-hybridized carbons (Fsp3) is 0.850. The third-order valence-electron chi connectivity index (χ3n) is 4.57. The van der Waals surface area contributed by atoms with Crippen LogP contribution in [0.25, 0.3) is 0 Å². The van der Waals surface area contributed by atoms with Crippen molar-refractivity contribution in [2.24, 2.45) is 0 Å². The standard InChI is InChI=1S/C20H38N2O5/c1-2-3-4-5-6-7-8-9-10-11-12-13-16-21-20(27)22-17(19(25)26)14-15-18(23)24/h17H,2-16H2,1H3,(H,23,24)(H,25,26)(H2,21,22,27)/t17-/m0/s1. The molecule has 27 heavy (non-hydrogen) atoms. The fourth-order valence-electron chi connectivity index (χ4n) is 2.90. The summed E-state index contributed by atoms with van der Waals surface area (Å²) < 4.78 is 0. The SMILES string of the molecule is CCCCCCCCCCCCCCNC(=O)N[C@@H](CCC(=O)O)C(=O)O. The van der Waals surface area contributed by atoms with Gasteiger partial charge in [0, 0.05) is 13.0 Å². The molecule has 0 unspecified atom stereocenters. The van der Waals surface area contributed by atoms with Crippen molar-refractivity contribution in [1.29, 1.82) is 0 Å². The number of hydrogen-bond acceptors (Lipinski definition) is 3. The second-order valence-corrected chi connectivity index (χ2v) is 7.11. The Morgan fingerprint density at radius 3 is 1.70 bits per heavy atom. The zero-order valence-electron chi connectivity index (χ0n) is 16.8. The Bertz CT molecular complexity index is 415. The molecule has 0 aliphatic rings. The first-order chi connectivity index (χ1) is 13.0. The number of nitrogens with one attached hydrogen (secondary N) is 2. The first-order valence-corrected chi connectivity index (χ1v) is 10.5. The van der Waals surface area contributed by atoms with Gasteiger partial charge in [0.1, 0.15) is 6.04 Å². The molecule has 0 aliphatic heterocycles. The van der Waals surface area contributed by atoms with Gasteiger partial charge in [-0.25, -0.2) is 9.59 Å². The van der Waals surface area contributed by atoms with E-state index < -0.39 is 24.0 Å². The maximum Gasteiger partial charge on any atom is 0.326 e. The molecule has 0 aromatic heterocycles. The summed E-state index contributed by atoms with van der Waals surface area (Å²) in [4.78, 5) is 33.2. The van der Waals surface area contributed by atoms with Gasteiger partial charge in [-0.3, -0.25) is 4.79 Å². The summed E-state index contributed by atoms with van der Waals surface area (Å²) in [5.41, 5.74) is 0. The van der Waals surface area contributed by atoms with E-state index in [-0.39, 0.29) is 12.8 Å². The zero-order valence-corrected chi connectivity index (χ0v) is 16.8. The molecule has 7 heteroatoms. The summed E-state index contributed by atoms with van der Waals surface area (Å²) in [6, 6.07) is -1.74. The van der Waals surface area contributed by atoms with Gasteiger partial charge in [0.15, 0.2) is 0 Å². The number of hydrogen-bond donors (Lipinski definition) is 4. The number of urea groups is 1. The number of carbonyl (C=O) groups is 3.